The molecule has 31 heavy (non-hydrogen) atoms. The van der Waals surface area contributed by atoms with Crippen LogP contribution >= 0.6 is 0 Å². The fourth-order valence-electron chi connectivity index (χ4n) is 2.54. The van der Waals surface area contributed by atoms with Crippen molar-refractivity contribution in [1.82, 2.24) is 0 Å². The fraction of sp³-hybridized carbons (Fsp3) is 0.895. The van der Waals surface area contributed by atoms with E-state index in [0.29, 0.717) is 0 Å². The van der Waals surface area contributed by atoms with Crippen molar-refractivity contribution in [2.75, 3.05) is 0 Å². The smallest absolute Gasteiger partial charge is 0.550 e. The second-order valence-corrected chi connectivity index (χ2v) is 8.78. The number of aliphatic hydroxyl groups is 2. The number of carboxylic acid groups (broad SMARTS) is 2. The molecule has 0 saturated carbocycles. The van der Waals surface area contributed by atoms with E-state index in [0.717, 1.165) is 12.8 Å². The van der Waals surface area contributed by atoms with Gasteiger partial charge in [-0.25, -0.2) is 0 Å². The Morgan fingerprint density at radius 3 is 1.48 bits per heavy atom. The van der Waals surface area contributed by atoms with Crippen LogP contribution in [-0.4, -0.2) is 52.6 Å². The molecule has 0 aromatic carbocycles. The van der Waals surface area contributed by atoms with Crippen LogP contribution in [0, 0.1) is 0 Å². The zero-order chi connectivity index (χ0) is 22.9. The molecule has 3 atom stereocenters. The van der Waals surface area contributed by atoms with Crippen molar-refractivity contribution >= 4 is 22.1 Å². The van der Waals surface area contributed by atoms with Gasteiger partial charge < -0.3 is 30.0 Å². The minimum Gasteiger partial charge on any atom is -0.550 e. The predicted octanol–water partition coefficient (Wildman–Crippen LogP) is -5.82. The summed E-state index contributed by atoms with van der Waals surface area (Å²) in [4.78, 5) is 19.7. The van der Waals surface area contributed by atoms with E-state index in [1.165, 1.54) is 57.8 Å². The molecule has 174 valence electrons. The molecule has 0 rings (SSSR count). The Bertz CT molecular complexity index is 542. The van der Waals surface area contributed by atoms with Crippen molar-refractivity contribution in [3.8, 4) is 0 Å². The van der Waals surface area contributed by atoms with Crippen molar-refractivity contribution in [3.05, 3.63) is 0 Å². The SMILES string of the molecule is CCCCCCCCCCCCC(O)C(C)O.O=C([O-])CC(C(=O)[O-])S(=O)(=O)O.[Na+].[Na+]. The van der Waals surface area contributed by atoms with Gasteiger partial charge in [-0.2, -0.15) is 8.42 Å². The molecule has 0 amide bonds. The molecule has 0 aliphatic heterocycles. The monoisotopic (exact) mass is 486 g/mol. The summed E-state index contributed by atoms with van der Waals surface area (Å²) < 4.78 is 28.5. The van der Waals surface area contributed by atoms with Crippen LogP contribution in [0.3, 0.4) is 0 Å². The van der Waals surface area contributed by atoms with Gasteiger partial charge in [-0.1, -0.05) is 71.1 Å². The summed E-state index contributed by atoms with van der Waals surface area (Å²) in [5.41, 5.74) is 0. The molecule has 0 saturated heterocycles. The molecule has 0 aliphatic carbocycles. The Kier molecular flexibility index (Phi) is 30.1. The molecule has 0 aliphatic rings. The maximum absolute atomic E-state index is 10.2. The normalized spacial score (nSPS) is 13.5. The number of hydrogen-bond donors (Lipinski definition) is 3. The van der Waals surface area contributed by atoms with Crippen LogP contribution in [-0.2, 0) is 19.7 Å². The van der Waals surface area contributed by atoms with Crippen LogP contribution in [0.25, 0.3) is 0 Å². The molecule has 12 heteroatoms. The van der Waals surface area contributed by atoms with E-state index in [9.17, 15) is 33.3 Å². The van der Waals surface area contributed by atoms with Gasteiger partial charge in [0.05, 0.1) is 18.2 Å². The molecular formula is C19H36Na2O9S. The molecule has 0 radical (unpaired) electrons. The summed E-state index contributed by atoms with van der Waals surface area (Å²) in [7, 11) is -4.94. The van der Waals surface area contributed by atoms with Gasteiger partial charge in [0.2, 0.25) is 0 Å². The first-order chi connectivity index (χ1) is 13.4. The van der Waals surface area contributed by atoms with Gasteiger partial charge in [0.1, 0.15) is 5.25 Å². The van der Waals surface area contributed by atoms with Crippen LogP contribution in [0.15, 0.2) is 0 Å². The Balaban J connectivity index is -0.000000232. The number of unbranched alkanes of at least 4 members (excludes halogenated alkanes) is 9. The zero-order valence-corrected chi connectivity index (χ0v) is 24.2. The number of rotatable bonds is 16. The first-order valence-corrected chi connectivity index (χ1v) is 11.7. The third kappa shape index (κ3) is 26.9. The number of aliphatic hydroxyl groups excluding tert-OH is 2. The topological polar surface area (TPSA) is 175 Å². The summed E-state index contributed by atoms with van der Waals surface area (Å²) in [5, 5.41) is 35.8. The van der Waals surface area contributed by atoms with E-state index >= 15 is 0 Å². The number of carbonyl (C=O) groups excluding carboxylic acids is 2. The molecule has 0 spiro atoms. The van der Waals surface area contributed by atoms with Gasteiger partial charge in [-0.3, -0.25) is 4.55 Å². The molecule has 0 heterocycles. The van der Waals surface area contributed by atoms with Crippen molar-refractivity contribution in [3.63, 3.8) is 0 Å². The number of carbonyl (C=O) groups is 2. The first kappa shape index (κ1) is 39.0. The molecule has 0 aromatic rings. The van der Waals surface area contributed by atoms with Crippen LogP contribution < -0.4 is 69.3 Å². The quantitative estimate of drug-likeness (QED) is 0.109. The van der Waals surface area contributed by atoms with Gasteiger partial charge >= 0.3 is 59.1 Å². The van der Waals surface area contributed by atoms with E-state index in [2.05, 4.69) is 6.92 Å². The average molecular weight is 487 g/mol. The molecule has 0 fully saturated rings. The molecule has 0 aromatic heterocycles. The van der Waals surface area contributed by atoms with Crippen LogP contribution in [0.2, 0.25) is 0 Å². The van der Waals surface area contributed by atoms with Crippen LogP contribution in [0.1, 0.15) is 90.9 Å². The first-order valence-electron chi connectivity index (χ1n) is 10.2. The number of hydrogen-bond acceptors (Lipinski definition) is 8. The van der Waals surface area contributed by atoms with Crippen molar-refractivity contribution < 1.29 is 102 Å². The van der Waals surface area contributed by atoms with E-state index < -0.39 is 45.9 Å². The van der Waals surface area contributed by atoms with Gasteiger partial charge in [0.15, 0.2) is 0 Å². The molecule has 9 nitrogen and oxygen atoms in total. The van der Waals surface area contributed by atoms with E-state index in [4.69, 9.17) is 9.66 Å². The Labute approximate surface area is 230 Å². The van der Waals surface area contributed by atoms with Crippen molar-refractivity contribution in [1.29, 1.82) is 0 Å². The van der Waals surface area contributed by atoms with Gasteiger partial charge in [0, 0.05) is 12.4 Å². The maximum atomic E-state index is 10.2. The summed E-state index contributed by atoms with van der Waals surface area (Å²) in [6.07, 6.45) is 11.4. The molecule has 3 unspecified atom stereocenters. The minimum atomic E-state index is -4.94. The number of carboxylic acids is 2. The fourth-order valence-corrected chi connectivity index (χ4v) is 3.13. The van der Waals surface area contributed by atoms with Crippen molar-refractivity contribution in [2.45, 2.75) is 108 Å². The summed E-state index contributed by atoms with van der Waals surface area (Å²) in [6.45, 7) is 3.91. The zero-order valence-electron chi connectivity index (χ0n) is 19.4. The molecule has 0 bridgehead atoms. The molecule has 3 N–H and O–H groups in total. The minimum absolute atomic E-state index is 0. The summed E-state index contributed by atoms with van der Waals surface area (Å²) >= 11 is 0. The van der Waals surface area contributed by atoms with Gasteiger partial charge in [0.25, 0.3) is 10.1 Å². The Hall–Kier alpha value is 0.770. The second kappa shape index (κ2) is 23.9. The van der Waals surface area contributed by atoms with E-state index in [1.807, 2.05) is 0 Å². The third-order valence-corrected chi connectivity index (χ3v) is 5.46. The summed E-state index contributed by atoms with van der Waals surface area (Å²) in [6, 6.07) is 0. The Morgan fingerprint density at radius 2 is 1.23 bits per heavy atom. The Morgan fingerprint density at radius 1 is 0.839 bits per heavy atom. The third-order valence-electron chi connectivity index (χ3n) is 4.38. The largest absolute Gasteiger partial charge is 1.00 e. The van der Waals surface area contributed by atoms with Crippen molar-refractivity contribution in [2.24, 2.45) is 0 Å². The maximum Gasteiger partial charge on any atom is 1.00 e. The van der Waals surface area contributed by atoms with E-state index in [1.54, 1.807) is 6.92 Å². The average Bonchev–Trinajstić information content (AvgIpc) is 2.60. The van der Waals surface area contributed by atoms with Crippen LogP contribution in [0.4, 0.5) is 0 Å². The molecular weight excluding hydrogens is 450 g/mol. The standard InChI is InChI=1S/C15H32O2.C4H6O7S.2Na/c1-3-4-5-6-7-8-9-10-11-12-13-15(17)14(2)16;5-3(6)1-2(4(7)8)12(9,10)11;;/h14-17H,3-13H2,1-2H3;2H,1H2,(H,5,6)(H,7,8)(H,9,10,11);;/q;;2*+1/p-2. The van der Waals surface area contributed by atoms with Crippen LogP contribution in [0.5, 0.6) is 0 Å². The predicted molar refractivity (Wildman–Crippen MR) is 104 cm³/mol. The van der Waals surface area contributed by atoms with Gasteiger partial charge in [-0.05, 0) is 13.3 Å². The summed E-state index contributed by atoms with van der Waals surface area (Å²) in [5.74, 6) is -4.08. The van der Waals surface area contributed by atoms with Gasteiger partial charge in [-0.15, -0.1) is 0 Å². The number of aliphatic carboxylic acids is 2. The van der Waals surface area contributed by atoms with E-state index in [-0.39, 0.29) is 59.1 Å². The second-order valence-electron chi connectivity index (χ2n) is 7.18.